The van der Waals surface area contributed by atoms with Gasteiger partial charge in [0.05, 0.1) is 11.9 Å². The monoisotopic (exact) mass is 248 g/mol. The van der Waals surface area contributed by atoms with Gasteiger partial charge in [0.1, 0.15) is 5.69 Å². The number of nitrogens with zero attached hydrogens (tertiary/aromatic N) is 3. The SMILES string of the molecule is CCCC(F)(CN)c1cnnn1-c1ccccc1. The Hall–Kier alpha value is -1.75. The van der Waals surface area contributed by atoms with Crippen LogP contribution in [0, 0.1) is 0 Å². The fraction of sp³-hybridized carbons (Fsp3) is 0.385. The van der Waals surface area contributed by atoms with Crippen LogP contribution in [0.3, 0.4) is 0 Å². The quantitative estimate of drug-likeness (QED) is 0.882. The van der Waals surface area contributed by atoms with E-state index in [0.29, 0.717) is 18.5 Å². The number of nitrogens with two attached hydrogens (primary N) is 1. The third kappa shape index (κ3) is 2.26. The van der Waals surface area contributed by atoms with E-state index >= 15 is 0 Å². The van der Waals surface area contributed by atoms with E-state index in [-0.39, 0.29) is 6.54 Å². The standard InChI is InChI=1S/C13H17FN4/c1-2-8-13(14,10-15)12-9-16-17-18(12)11-6-4-3-5-7-11/h3-7,9H,2,8,10,15H2,1H3. The van der Waals surface area contributed by atoms with Crippen LogP contribution in [-0.2, 0) is 5.67 Å². The number of hydrogen-bond donors (Lipinski definition) is 1. The fourth-order valence-corrected chi connectivity index (χ4v) is 2.03. The Morgan fingerprint density at radius 1 is 1.33 bits per heavy atom. The second-order valence-corrected chi connectivity index (χ2v) is 4.29. The highest BCUT2D eigenvalue weighted by atomic mass is 19.1. The zero-order valence-corrected chi connectivity index (χ0v) is 10.4. The number of para-hydroxylation sites is 1. The summed E-state index contributed by atoms with van der Waals surface area (Å²) in [6, 6.07) is 9.38. The molecule has 0 radical (unpaired) electrons. The Morgan fingerprint density at radius 3 is 2.67 bits per heavy atom. The van der Waals surface area contributed by atoms with E-state index in [2.05, 4.69) is 10.3 Å². The molecule has 1 unspecified atom stereocenters. The van der Waals surface area contributed by atoms with Gasteiger partial charge in [-0.05, 0) is 18.6 Å². The van der Waals surface area contributed by atoms with Crippen molar-refractivity contribution in [3.05, 3.63) is 42.2 Å². The molecule has 0 saturated carbocycles. The van der Waals surface area contributed by atoms with E-state index in [1.165, 1.54) is 10.9 Å². The molecule has 2 N–H and O–H groups in total. The van der Waals surface area contributed by atoms with Gasteiger partial charge < -0.3 is 5.73 Å². The van der Waals surface area contributed by atoms with Crippen molar-refractivity contribution in [2.24, 2.45) is 5.73 Å². The average Bonchev–Trinajstić information content (AvgIpc) is 2.90. The van der Waals surface area contributed by atoms with Crippen LogP contribution < -0.4 is 5.73 Å². The van der Waals surface area contributed by atoms with Crippen molar-refractivity contribution in [1.29, 1.82) is 0 Å². The Labute approximate surface area is 106 Å². The van der Waals surface area contributed by atoms with Gasteiger partial charge in [0.25, 0.3) is 0 Å². The van der Waals surface area contributed by atoms with Gasteiger partial charge in [0.15, 0.2) is 5.67 Å². The van der Waals surface area contributed by atoms with Gasteiger partial charge in [-0.1, -0.05) is 36.8 Å². The van der Waals surface area contributed by atoms with E-state index in [1.807, 2.05) is 37.3 Å². The number of alkyl halides is 1. The molecular weight excluding hydrogens is 231 g/mol. The Bertz CT molecular complexity index is 497. The van der Waals surface area contributed by atoms with Crippen LogP contribution in [0.4, 0.5) is 4.39 Å². The third-order valence-corrected chi connectivity index (χ3v) is 2.98. The zero-order valence-electron chi connectivity index (χ0n) is 10.4. The van der Waals surface area contributed by atoms with Crippen LogP contribution >= 0.6 is 0 Å². The topological polar surface area (TPSA) is 56.7 Å². The maximum atomic E-state index is 14.8. The molecule has 2 aromatic rings. The lowest BCUT2D eigenvalue weighted by Gasteiger charge is -2.23. The highest BCUT2D eigenvalue weighted by Gasteiger charge is 2.34. The first-order chi connectivity index (χ1) is 8.71. The van der Waals surface area contributed by atoms with Gasteiger partial charge >= 0.3 is 0 Å². The molecule has 96 valence electrons. The van der Waals surface area contributed by atoms with E-state index in [0.717, 1.165) is 5.69 Å². The van der Waals surface area contributed by atoms with Gasteiger partial charge in [-0.25, -0.2) is 9.07 Å². The zero-order chi connectivity index (χ0) is 13.0. The lowest BCUT2D eigenvalue weighted by atomic mass is 9.96. The summed E-state index contributed by atoms with van der Waals surface area (Å²) in [4.78, 5) is 0. The predicted octanol–water partition coefficient (Wildman–Crippen LogP) is 2.19. The van der Waals surface area contributed by atoms with Crippen LogP contribution in [-0.4, -0.2) is 21.5 Å². The summed E-state index contributed by atoms with van der Waals surface area (Å²) in [5, 5.41) is 7.77. The van der Waals surface area contributed by atoms with Crippen LogP contribution in [0.1, 0.15) is 25.5 Å². The highest BCUT2D eigenvalue weighted by molar-refractivity contribution is 5.33. The molecule has 1 aromatic heterocycles. The van der Waals surface area contributed by atoms with Crippen molar-refractivity contribution >= 4 is 0 Å². The molecule has 1 heterocycles. The number of halogens is 1. The van der Waals surface area contributed by atoms with Gasteiger partial charge in [-0.2, -0.15) is 0 Å². The molecule has 2 rings (SSSR count). The summed E-state index contributed by atoms with van der Waals surface area (Å²) in [5.74, 6) is 0. The summed E-state index contributed by atoms with van der Waals surface area (Å²) in [5.41, 5.74) is 5.22. The van der Waals surface area contributed by atoms with Crippen LogP contribution in [0.2, 0.25) is 0 Å². The molecule has 5 heteroatoms. The van der Waals surface area contributed by atoms with Crippen LogP contribution in [0.15, 0.2) is 36.5 Å². The first kappa shape index (κ1) is 12.7. The summed E-state index contributed by atoms with van der Waals surface area (Å²) in [6.07, 6.45) is 2.53. The molecule has 0 aliphatic heterocycles. The lowest BCUT2D eigenvalue weighted by molar-refractivity contribution is 0.149. The maximum Gasteiger partial charge on any atom is 0.166 e. The minimum atomic E-state index is -1.58. The lowest BCUT2D eigenvalue weighted by Crippen LogP contribution is -2.32. The van der Waals surface area contributed by atoms with Crippen LogP contribution in [0.25, 0.3) is 5.69 Å². The molecule has 1 aromatic carbocycles. The van der Waals surface area contributed by atoms with Gasteiger partial charge in [-0.3, -0.25) is 0 Å². The predicted molar refractivity (Wildman–Crippen MR) is 68.1 cm³/mol. The smallest absolute Gasteiger partial charge is 0.166 e. The molecule has 0 amide bonds. The number of benzene rings is 1. The first-order valence-electron chi connectivity index (χ1n) is 6.07. The van der Waals surface area contributed by atoms with E-state index in [4.69, 9.17) is 5.73 Å². The second kappa shape index (κ2) is 5.27. The number of rotatable bonds is 5. The Balaban J connectivity index is 2.44. The average molecular weight is 248 g/mol. The summed E-state index contributed by atoms with van der Waals surface area (Å²) in [7, 11) is 0. The molecule has 1 atom stereocenters. The summed E-state index contributed by atoms with van der Waals surface area (Å²) < 4.78 is 16.3. The number of aromatic nitrogens is 3. The third-order valence-electron chi connectivity index (χ3n) is 2.98. The van der Waals surface area contributed by atoms with Crippen molar-refractivity contribution in [2.75, 3.05) is 6.54 Å². The van der Waals surface area contributed by atoms with Crippen molar-refractivity contribution in [1.82, 2.24) is 15.0 Å². The van der Waals surface area contributed by atoms with Gasteiger partial charge in [-0.15, -0.1) is 5.10 Å². The highest BCUT2D eigenvalue weighted by Crippen LogP contribution is 2.30. The minimum absolute atomic E-state index is 0.0684. The maximum absolute atomic E-state index is 14.8. The molecule has 0 aliphatic carbocycles. The molecule has 18 heavy (non-hydrogen) atoms. The minimum Gasteiger partial charge on any atom is -0.327 e. The molecule has 0 aliphatic rings. The van der Waals surface area contributed by atoms with Gasteiger partial charge in [0, 0.05) is 6.54 Å². The summed E-state index contributed by atoms with van der Waals surface area (Å²) in [6.45, 7) is 1.86. The van der Waals surface area contributed by atoms with Crippen molar-refractivity contribution in [2.45, 2.75) is 25.4 Å². The first-order valence-corrected chi connectivity index (χ1v) is 6.07. The normalized spacial score (nSPS) is 14.4. The van der Waals surface area contributed by atoms with Crippen molar-refractivity contribution in [3.8, 4) is 5.69 Å². The van der Waals surface area contributed by atoms with E-state index in [1.54, 1.807) is 0 Å². The number of hydrogen-bond acceptors (Lipinski definition) is 3. The molecule has 0 spiro atoms. The second-order valence-electron chi connectivity index (χ2n) is 4.29. The largest absolute Gasteiger partial charge is 0.327 e. The fourth-order valence-electron chi connectivity index (χ4n) is 2.03. The van der Waals surface area contributed by atoms with Crippen molar-refractivity contribution in [3.63, 3.8) is 0 Å². The molecule has 4 nitrogen and oxygen atoms in total. The molecule has 0 saturated heterocycles. The Morgan fingerprint density at radius 2 is 2.06 bits per heavy atom. The van der Waals surface area contributed by atoms with Crippen LogP contribution in [0.5, 0.6) is 0 Å². The van der Waals surface area contributed by atoms with Gasteiger partial charge in [0.2, 0.25) is 0 Å². The van der Waals surface area contributed by atoms with Crippen molar-refractivity contribution < 1.29 is 4.39 Å². The Kier molecular flexibility index (Phi) is 3.72. The molecule has 0 fully saturated rings. The van der Waals surface area contributed by atoms with E-state index in [9.17, 15) is 4.39 Å². The molecule has 0 bridgehead atoms. The summed E-state index contributed by atoms with van der Waals surface area (Å²) >= 11 is 0. The van der Waals surface area contributed by atoms with E-state index < -0.39 is 5.67 Å². The molecular formula is C13H17FN4.